The zero-order chi connectivity index (χ0) is 27.7. The van der Waals surface area contributed by atoms with Gasteiger partial charge >= 0.3 is 5.97 Å². The summed E-state index contributed by atoms with van der Waals surface area (Å²) < 4.78 is 31.8. The summed E-state index contributed by atoms with van der Waals surface area (Å²) in [6.07, 6.45) is 1.01. The van der Waals surface area contributed by atoms with Gasteiger partial charge in [-0.15, -0.1) is 0 Å². The fraction of sp³-hybridized carbons (Fsp3) is 0.429. The van der Waals surface area contributed by atoms with Crippen molar-refractivity contribution >= 4 is 23.7 Å². The van der Waals surface area contributed by atoms with E-state index in [2.05, 4.69) is 16.0 Å². The van der Waals surface area contributed by atoms with Gasteiger partial charge in [-0.3, -0.25) is 19.2 Å². The number of nitrogens with one attached hydrogen (secondary N) is 3. The monoisotopic (exact) mass is 529 g/mol. The van der Waals surface area contributed by atoms with Gasteiger partial charge in [0.15, 0.2) is 11.6 Å². The van der Waals surface area contributed by atoms with Crippen LogP contribution in [-0.2, 0) is 30.5 Å². The van der Waals surface area contributed by atoms with E-state index in [0.717, 1.165) is 17.7 Å². The average Bonchev–Trinajstić information content (AvgIpc) is 3.70. The molecule has 10 heteroatoms. The zero-order valence-corrected chi connectivity index (χ0v) is 21.5. The molecule has 204 valence electrons. The maximum absolute atomic E-state index is 13.4. The minimum Gasteiger partial charge on any atom is -0.461 e. The summed E-state index contributed by atoms with van der Waals surface area (Å²) in [5.74, 6) is -4.42. The van der Waals surface area contributed by atoms with Crippen LogP contribution in [0.4, 0.5) is 8.78 Å². The number of benzene rings is 2. The highest BCUT2D eigenvalue weighted by Crippen LogP contribution is 2.47. The standard InChI is InChI=1S/C28H33F2N3O5/c1-17(2)26(28(37)31-12-6-9-25(35)38-16-18-7-4-3-5-8-18)33-24(34)15-32-27(36)21-14-20(21)19-10-11-22(29)23(30)13-19/h3-5,7-8,10-11,13,17,20-21,26H,6,9,12,14-16H2,1-2H3,(H,31,37)(H,32,36)(H,33,34)/t20?,21?,26-/m0/s1. The van der Waals surface area contributed by atoms with E-state index < -0.39 is 35.4 Å². The van der Waals surface area contributed by atoms with Crippen molar-refractivity contribution in [2.45, 2.75) is 51.7 Å². The Bertz CT molecular complexity index is 1140. The fourth-order valence-electron chi connectivity index (χ4n) is 4.02. The smallest absolute Gasteiger partial charge is 0.306 e. The minimum absolute atomic E-state index is 0.143. The minimum atomic E-state index is -0.964. The summed E-state index contributed by atoms with van der Waals surface area (Å²) in [7, 11) is 0. The first-order valence-electron chi connectivity index (χ1n) is 12.6. The van der Waals surface area contributed by atoms with Gasteiger partial charge in [-0.1, -0.05) is 50.2 Å². The molecule has 0 bridgehead atoms. The van der Waals surface area contributed by atoms with Gasteiger partial charge in [-0.25, -0.2) is 8.78 Å². The molecular weight excluding hydrogens is 496 g/mol. The number of esters is 1. The van der Waals surface area contributed by atoms with Crippen molar-refractivity contribution in [2.75, 3.05) is 13.1 Å². The van der Waals surface area contributed by atoms with Gasteiger partial charge in [0, 0.05) is 18.9 Å². The lowest BCUT2D eigenvalue weighted by Gasteiger charge is -2.22. The lowest BCUT2D eigenvalue weighted by Crippen LogP contribution is -2.52. The third kappa shape index (κ3) is 8.64. The first-order chi connectivity index (χ1) is 18.2. The van der Waals surface area contributed by atoms with Crippen LogP contribution in [0.25, 0.3) is 0 Å². The van der Waals surface area contributed by atoms with Crippen molar-refractivity contribution in [2.24, 2.45) is 11.8 Å². The Morgan fingerprint density at radius 2 is 1.74 bits per heavy atom. The van der Waals surface area contributed by atoms with Crippen LogP contribution in [0.1, 0.15) is 50.2 Å². The lowest BCUT2D eigenvalue weighted by atomic mass is 10.0. The predicted molar refractivity (Wildman–Crippen MR) is 135 cm³/mol. The predicted octanol–water partition coefficient (Wildman–Crippen LogP) is 2.97. The molecule has 1 aliphatic rings. The molecule has 1 aliphatic carbocycles. The lowest BCUT2D eigenvalue weighted by molar-refractivity contribution is -0.145. The van der Waals surface area contributed by atoms with Gasteiger partial charge < -0.3 is 20.7 Å². The normalized spacial score (nSPS) is 16.9. The first kappa shape index (κ1) is 28.7. The average molecular weight is 530 g/mol. The van der Waals surface area contributed by atoms with Gasteiger partial charge in [0.25, 0.3) is 0 Å². The van der Waals surface area contributed by atoms with Crippen LogP contribution in [-0.4, -0.2) is 42.8 Å². The van der Waals surface area contributed by atoms with E-state index in [0.29, 0.717) is 18.4 Å². The molecular formula is C28H33F2N3O5. The van der Waals surface area contributed by atoms with E-state index in [1.165, 1.54) is 6.07 Å². The van der Waals surface area contributed by atoms with Crippen LogP contribution < -0.4 is 16.0 Å². The Balaban J connectivity index is 1.34. The van der Waals surface area contributed by atoms with Crippen molar-refractivity contribution in [3.05, 3.63) is 71.3 Å². The summed E-state index contributed by atoms with van der Waals surface area (Å²) in [4.78, 5) is 49.3. The quantitative estimate of drug-likeness (QED) is 0.273. The summed E-state index contributed by atoms with van der Waals surface area (Å²) in [6.45, 7) is 3.67. The van der Waals surface area contributed by atoms with Gasteiger partial charge in [0.05, 0.1) is 6.54 Å². The molecule has 1 saturated carbocycles. The maximum Gasteiger partial charge on any atom is 0.306 e. The topological polar surface area (TPSA) is 114 Å². The molecule has 38 heavy (non-hydrogen) atoms. The molecule has 1 fully saturated rings. The largest absolute Gasteiger partial charge is 0.461 e. The van der Waals surface area contributed by atoms with Crippen LogP contribution in [0, 0.1) is 23.5 Å². The van der Waals surface area contributed by atoms with Crippen LogP contribution in [0.2, 0.25) is 0 Å². The zero-order valence-electron chi connectivity index (χ0n) is 21.5. The maximum atomic E-state index is 13.4. The SMILES string of the molecule is CC(C)[C@H](NC(=O)CNC(=O)C1CC1c1ccc(F)c(F)c1)C(=O)NCCCC(=O)OCc1ccccc1. The second-order valence-electron chi connectivity index (χ2n) is 9.67. The number of halogens is 2. The van der Waals surface area contributed by atoms with E-state index in [1.54, 1.807) is 13.8 Å². The highest BCUT2D eigenvalue weighted by atomic mass is 19.2. The van der Waals surface area contributed by atoms with E-state index in [9.17, 15) is 28.0 Å². The number of carbonyl (C=O) groups excluding carboxylic acids is 4. The second kappa shape index (κ2) is 13.6. The highest BCUT2D eigenvalue weighted by Gasteiger charge is 2.44. The molecule has 0 saturated heterocycles. The summed E-state index contributed by atoms with van der Waals surface area (Å²) >= 11 is 0. The van der Waals surface area contributed by atoms with Crippen molar-refractivity contribution in [3.8, 4) is 0 Å². The Hall–Kier alpha value is -3.82. The second-order valence-corrected chi connectivity index (χ2v) is 9.67. The highest BCUT2D eigenvalue weighted by molar-refractivity contribution is 5.91. The molecule has 0 aliphatic heterocycles. The number of hydrogen-bond donors (Lipinski definition) is 3. The van der Waals surface area contributed by atoms with E-state index in [1.807, 2.05) is 30.3 Å². The Labute approximate surface area is 220 Å². The van der Waals surface area contributed by atoms with Gasteiger partial charge in [0.1, 0.15) is 12.6 Å². The molecule has 2 aromatic rings. The van der Waals surface area contributed by atoms with Crippen LogP contribution in [0.3, 0.4) is 0 Å². The molecule has 3 atom stereocenters. The van der Waals surface area contributed by atoms with Gasteiger partial charge in [-0.05, 0) is 47.9 Å². The fourth-order valence-corrected chi connectivity index (χ4v) is 4.02. The number of amides is 3. The molecule has 2 unspecified atom stereocenters. The van der Waals surface area contributed by atoms with E-state index in [4.69, 9.17) is 4.74 Å². The molecule has 0 aromatic heterocycles. The number of ether oxygens (including phenoxy) is 1. The Morgan fingerprint density at radius 1 is 1.00 bits per heavy atom. The van der Waals surface area contributed by atoms with Crippen molar-refractivity contribution in [1.82, 2.24) is 16.0 Å². The van der Waals surface area contributed by atoms with Crippen molar-refractivity contribution < 1.29 is 32.7 Å². The van der Waals surface area contributed by atoms with Crippen molar-refractivity contribution in [1.29, 1.82) is 0 Å². The third-order valence-corrected chi connectivity index (χ3v) is 6.29. The molecule has 8 nitrogen and oxygen atoms in total. The summed E-state index contributed by atoms with van der Waals surface area (Å²) in [6, 6.07) is 12.1. The van der Waals surface area contributed by atoms with Crippen LogP contribution in [0.5, 0.6) is 0 Å². The molecule has 0 heterocycles. The molecule has 2 aromatic carbocycles. The van der Waals surface area contributed by atoms with E-state index in [-0.39, 0.29) is 49.8 Å². The molecule has 3 N–H and O–H groups in total. The molecule has 3 rings (SSSR count). The molecule has 0 spiro atoms. The first-order valence-corrected chi connectivity index (χ1v) is 12.6. The van der Waals surface area contributed by atoms with Gasteiger partial charge in [0.2, 0.25) is 17.7 Å². The van der Waals surface area contributed by atoms with Gasteiger partial charge in [-0.2, -0.15) is 0 Å². The van der Waals surface area contributed by atoms with Crippen LogP contribution >= 0.6 is 0 Å². The van der Waals surface area contributed by atoms with Crippen LogP contribution in [0.15, 0.2) is 48.5 Å². The number of hydrogen-bond acceptors (Lipinski definition) is 5. The number of carbonyl (C=O) groups is 4. The third-order valence-electron chi connectivity index (χ3n) is 6.29. The summed E-state index contributed by atoms with van der Waals surface area (Å²) in [5, 5.41) is 7.89. The number of rotatable bonds is 13. The Morgan fingerprint density at radius 3 is 2.42 bits per heavy atom. The summed E-state index contributed by atoms with van der Waals surface area (Å²) in [5.41, 5.74) is 1.43. The van der Waals surface area contributed by atoms with Crippen molar-refractivity contribution in [3.63, 3.8) is 0 Å². The van der Waals surface area contributed by atoms with E-state index >= 15 is 0 Å². The molecule has 3 amide bonds. The molecule has 0 radical (unpaired) electrons. The Kier molecular flexibility index (Phi) is 10.3.